The largest absolute Gasteiger partial charge is 0.295 e. The Morgan fingerprint density at radius 2 is 1.81 bits per heavy atom. The number of carbonyl (C=O) groups is 1. The van der Waals surface area contributed by atoms with Gasteiger partial charge in [0, 0.05) is 17.3 Å². The molecule has 0 amide bonds. The molecule has 0 bridgehead atoms. The van der Waals surface area contributed by atoms with E-state index in [0.29, 0.717) is 30.1 Å². The van der Waals surface area contributed by atoms with Crippen LogP contribution in [0.4, 0.5) is 0 Å². The van der Waals surface area contributed by atoms with Crippen LogP contribution in [-0.2, 0) is 9.68 Å². The van der Waals surface area contributed by atoms with Crippen molar-refractivity contribution in [1.82, 2.24) is 0 Å². The summed E-state index contributed by atoms with van der Waals surface area (Å²) in [7, 11) is 0. The van der Waals surface area contributed by atoms with E-state index in [2.05, 4.69) is 65.8 Å². The van der Waals surface area contributed by atoms with Crippen molar-refractivity contribution < 1.29 is 14.9 Å². The van der Waals surface area contributed by atoms with Crippen LogP contribution in [0.25, 0.3) is 0 Å². The van der Waals surface area contributed by atoms with E-state index < -0.39 is 5.60 Å². The lowest BCUT2D eigenvalue weighted by atomic mass is 9.52. The summed E-state index contributed by atoms with van der Waals surface area (Å²) < 4.78 is 0. The van der Waals surface area contributed by atoms with E-state index in [4.69, 9.17) is 4.89 Å². The molecule has 0 heterocycles. The van der Waals surface area contributed by atoms with Gasteiger partial charge in [-0.3, -0.25) is 10.1 Å². The van der Waals surface area contributed by atoms with Crippen molar-refractivity contribution in [2.24, 2.45) is 34.5 Å². The summed E-state index contributed by atoms with van der Waals surface area (Å²) in [5.41, 5.74) is 2.83. The van der Waals surface area contributed by atoms with Gasteiger partial charge in [-0.2, -0.15) is 0 Å². The third-order valence-corrected chi connectivity index (χ3v) is 9.68. The molecule has 4 aliphatic carbocycles. The first-order chi connectivity index (χ1) is 14.6. The maximum atomic E-state index is 12.0. The van der Waals surface area contributed by atoms with Gasteiger partial charge in [-0.25, -0.2) is 4.89 Å². The molecule has 1 N–H and O–H groups in total. The lowest BCUT2D eigenvalue weighted by Gasteiger charge is -2.54. The van der Waals surface area contributed by atoms with Gasteiger partial charge in [0.25, 0.3) is 0 Å². The number of rotatable bonds is 5. The summed E-state index contributed by atoms with van der Waals surface area (Å²) in [5.74, 6) is 2.35. The molecule has 0 aromatic carbocycles. The van der Waals surface area contributed by atoms with E-state index in [1.165, 1.54) is 11.1 Å². The zero-order chi connectivity index (χ0) is 22.6. The predicted octanol–water partition coefficient (Wildman–Crippen LogP) is 7.07. The van der Waals surface area contributed by atoms with Crippen LogP contribution in [-0.4, -0.2) is 16.6 Å². The van der Waals surface area contributed by atoms with Crippen LogP contribution in [0, 0.1) is 34.5 Å². The van der Waals surface area contributed by atoms with Gasteiger partial charge in [-0.15, -0.1) is 0 Å². The van der Waals surface area contributed by atoms with Crippen LogP contribution >= 0.6 is 0 Å². The second-order valence-corrected chi connectivity index (χ2v) is 11.5. The van der Waals surface area contributed by atoms with Crippen molar-refractivity contribution in [3.63, 3.8) is 0 Å². The van der Waals surface area contributed by atoms with Gasteiger partial charge in [0.1, 0.15) is 5.60 Å². The molecule has 3 heteroatoms. The zero-order valence-electron chi connectivity index (χ0n) is 20.2. The van der Waals surface area contributed by atoms with E-state index in [1.807, 2.05) is 6.08 Å². The van der Waals surface area contributed by atoms with E-state index in [-0.39, 0.29) is 16.6 Å². The minimum absolute atomic E-state index is 0.110. The smallest absolute Gasteiger partial charge is 0.156 e. The molecule has 31 heavy (non-hydrogen) atoms. The SMILES string of the molecule is CC(C)[C@@H](C)/C=C/[C@@H](C)[C@H]1CC[C@@]2(OO)C3=C(CC[C@]12C)[C@@]1(C)CCC(=O)C=C1C=C3. The zero-order valence-corrected chi connectivity index (χ0v) is 20.2. The number of carbonyl (C=O) groups excluding carboxylic acids is 1. The second kappa shape index (κ2) is 7.85. The highest BCUT2D eigenvalue weighted by Gasteiger charge is 2.64. The van der Waals surface area contributed by atoms with Crippen molar-refractivity contribution in [2.75, 3.05) is 0 Å². The van der Waals surface area contributed by atoms with Crippen molar-refractivity contribution in [3.05, 3.63) is 47.1 Å². The first-order valence-electron chi connectivity index (χ1n) is 12.3. The fourth-order valence-electron chi connectivity index (χ4n) is 7.07. The Morgan fingerprint density at radius 3 is 2.48 bits per heavy atom. The van der Waals surface area contributed by atoms with Crippen LogP contribution in [0.1, 0.15) is 80.1 Å². The Morgan fingerprint density at radius 1 is 1.06 bits per heavy atom. The lowest BCUT2D eigenvalue weighted by molar-refractivity contribution is -0.338. The van der Waals surface area contributed by atoms with Crippen molar-refractivity contribution in [3.8, 4) is 0 Å². The topological polar surface area (TPSA) is 46.5 Å². The van der Waals surface area contributed by atoms with E-state index >= 15 is 0 Å². The maximum absolute atomic E-state index is 12.0. The van der Waals surface area contributed by atoms with Gasteiger partial charge in [0.15, 0.2) is 5.78 Å². The van der Waals surface area contributed by atoms with Crippen molar-refractivity contribution in [1.29, 1.82) is 0 Å². The Bertz CT molecular complexity index is 875. The molecule has 6 atom stereocenters. The molecule has 0 spiro atoms. The van der Waals surface area contributed by atoms with E-state index in [1.54, 1.807) is 0 Å². The van der Waals surface area contributed by atoms with Crippen LogP contribution in [0.5, 0.6) is 0 Å². The van der Waals surface area contributed by atoms with Crippen molar-refractivity contribution >= 4 is 5.78 Å². The number of hydrogen-bond acceptors (Lipinski definition) is 3. The summed E-state index contributed by atoms with van der Waals surface area (Å²) in [5, 5.41) is 10.4. The van der Waals surface area contributed by atoms with Gasteiger partial charge in [0.05, 0.1) is 0 Å². The van der Waals surface area contributed by atoms with Crippen molar-refractivity contribution in [2.45, 2.75) is 85.7 Å². The van der Waals surface area contributed by atoms with E-state index in [0.717, 1.165) is 37.7 Å². The summed E-state index contributed by atoms with van der Waals surface area (Å²) >= 11 is 0. The van der Waals surface area contributed by atoms with Gasteiger partial charge in [-0.1, -0.05) is 71.4 Å². The average Bonchev–Trinajstić information content (AvgIpc) is 3.05. The number of hydrogen-bond donors (Lipinski definition) is 1. The highest BCUT2D eigenvalue weighted by molar-refractivity contribution is 5.92. The van der Waals surface area contributed by atoms with Crippen LogP contribution in [0.2, 0.25) is 0 Å². The summed E-state index contributed by atoms with van der Waals surface area (Å²) in [4.78, 5) is 17.6. The van der Waals surface area contributed by atoms with Gasteiger partial charge in [-0.05, 0) is 73.0 Å². The summed E-state index contributed by atoms with van der Waals surface area (Å²) in [6, 6.07) is 0. The minimum atomic E-state index is -0.649. The Kier molecular flexibility index (Phi) is 5.75. The molecular weight excluding hydrogens is 384 g/mol. The molecule has 0 aromatic rings. The molecule has 1 saturated carbocycles. The van der Waals surface area contributed by atoms with Gasteiger partial charge in [0.2, 0.25) is 0 Å². The molecular formula is C28H40O3. The Balaban J connectivity index is 1.71. The molecule has 170 valence electrons. The third-order valence-electron chi connectivity index (χ3n) is 9.68. The first-order valence-corrected chi connectivity index (χ1v) is 12.3. The number of allylic oxidation sites excluding steroid dienone is 6. The predicted molar refractivity (Wildman–Crippen MR) is 125 cm³/mol. The molecule has 0 radical (unpaired) electrons. The molecule has 0 aromatic heterocycles. The summed E-state index contributed by atoms with van der Waals surface area (Å²) in [6.45, 7) is 13.8. The number of ketones is 1. The van der Waals surface area contributed by atoms with Gasteiger partial charge < -0.3 is 0 Å². The Hall–Kier alpha value is -1.45. The highest BCUT2D eigenvalue weighted by Crippen LogP contribution is 2.66. The van der Waals surface area contributed by atoms with Gasteiger partial charge >= 0.3 is 0 Å². The van der Waals surface area contributed by atoms with Crippen LogP contribution < -0.4 is 0 Å². The fourth-order valence-corrected chi connectivity index (χ4v) is 7.07. The molecule has 0 saturated heterocycles. The molecule has 0 aliphatic heterocycles. The molecule has 4 rings (SSSR count). The van der Waals surface area contributed by atoms with Crippen LogP contribution in [0.3, 0.4) is 0 Å². The molecule has 3 nitrogen and oxygen atoms in total. The minimum Gasteiger partial charge on any atom is -0.295 e. The highest BCUT2D eigenvalue weighted by atomic mass is 17.1. The monoisotopic (exact) mass is 424 g/mol. The fraction of sp³-hybridized carbons (Fsp3) is 0.679. The average molecular weight is 425 g/mol. The second-order valence-electron chi connectivity index (χ2n) is 11.5. The Labute approximate surface area is 188 Å². The number of fused-ring (bicyclic) bond motifs is 4. The molecule has 4 aliphatic rings. The quantitative estimate of drug-likeness (QED) is 0.292. The third kappa shape index (κ3) is 3.26. The normalized spacial score (nSPS) is 39.4. The summed E-state index contributed by atoms with van der Waals surface area (Å²) in [6.07, 6.45) is 16.3. The van der Waals surface area contributed by atoms with Crippen LogP contribution in [0.15, 0.2) is 47.1 Å². The molecule has 1 fully saturated rings. The first kappa shape index (κ1) is 22.7. The standard InChI is InChI=1S/C28H40O3/c1-18(2)19(3)7-8-20(4)23-13-16-28(31-30)25-10-9-21-17-22(29)11-14-26(21,5)24(25)12-15-27(23,28)6/h7-10,17-20,23,30H,11-16H2,1-6H3/b8-7+/t19-,20+,23+,26-,27+,28+/m0/s1. The maximum Gasteiger partial charge on any atom is 0.156 e. The lowest BCUT2D eigenvalue weighted by Crippen LogP contribution is -2.53. The molecule has 0 unspecified atom stereocenters. The van der Waals surface area contributed by atoms with E-state index in [9.17, 15) is 10.1 Å².